The average molecular weight is 665 g/mol. The molecule has 1 aromatic carbocycles. The molecular formula is C34H52N2O11. The number of rotatable bonds is 18. The summed E-state index contributed by atoms with van der Waals surface area (Å²) in [5, 5.41) is 6.25. The summed E-state index contributed by atoms with van der Waals surface area (Å²) in [5.74, 6) is -2.08. The minimum absolute atomic E-state index is 0.0246. The van der Waals surface area contributed by atoms with Crippen LogP contribution in [-0.4, -0.2) is 92.7 Å². The van der Waals surface area contributed by atoms with Gasteiger partial charge in [0.05, 0.1) is 18.8 Å². The van der Waals surface area contributed by atoms with E-state index in [1.807, 2.05) is 18.2 Å². The van der Waals surface area contributed by atoms with E-state index in [2.05, 4.69) is 36.6 Å². The van der Waals surface area contributed by atoms with Crippen molar-refractivity contribution in [3.8, 4) is 0 Å². The van der Waals surface area contributed by atoms with Crippen LogP contribution in [0.25, 0.3) is 0 Å². The van der Waals surface area contributed by atoms with Gasteiger partial charge < -0.3 is 38.5 Å². The Hall–Kier alpha value is -3.10. The molecular weight excluding hydrogens is 612 g/mol. The van der Waals surface area contributed by atoms with Crippen molar-refractivity contribution in [3.63, 3.8) is 0 Å². The van der Waals surface area contributed by atoms with Gasteiger partial charge in [0.15, 0.2) is 18.5 Å². The lowest BCUT2D eigenvalue weighted by molar-refractivity contribution is -0.277. The van der Waals surface area contributed by atoms with Crippen LogP contribution in [0.3, 0.4) is 0 Å². The number of carbonyl (C=O) groups excluding carboxylic acids is 4. The van der Waals surface area contributed by atoms with Crippen LogP contribution in [0.15, 0.2) is 30.3 Å². The molecule has 2 fully saturated rings. The predicted molar refractivity (Wildman–Crippen MR) is 170 cm³/mol. The Morgan fingerprint density at radius 1 is 0.787 bits per heavy atom. The number of hydrogen-bond acceptors (Lipinski definition) is 12. The normalized spacial score (nSPS) is 28.8. The summed E-state index contributed by atoms with van der Waals surface area (Å²) in [6, 6.07) is 9.18. The number of unbranched alkanes of at least 4 members (excludes halogenated alkanes) is 3. The first-order valence-corrected chi connectivity index (χ1v) is 16.6. The summed E-state index contributed by atoms with van der Waals surface area (Å²) < 4.78 is 40.7. The molecule has 2 unspecified atom stereocenters. The molecule has 9 atom stereocenters. The van der Waals surface area contributed by atoms with Crippen molar-refractivity contribution >= 4 is 23.8 Å². The third kappa shape index (κ3) is 12.5. The van der Waals surface area contributed by atoms with E-state index in [9.17, 15) is 19.2 Å². The number of hydrogen-bond donors (Lipinski definition) is 2. The SMILES string of the molecule is CC[C@H]1OC(NCCCCCCO[C@@H]2O[C@H](COC(C)=O)[C@H](OC(C)=O)[C@H](OC(C)=O)[C@H]2NC(C)=O)C(C)[C@H]1OCc1ccccc1. The second-order valence-electron chi connectivity index (χ2n) is 12.1. The van der Waals surface area contributed by atoms with Gasteiger partial charge in [0.25, 0.3) is 0 Å². The van der Waals surface area contributed by atoms with E-state index in [4.69, 9.17) is 33.2 Å². The standard InChI is InChI=1S/C34H52N2O11/c1-7-27-30(43-19-26-15-11-10-12-16-26)21(2)33(46-27)35-17-13-8-9-14-18-41-34-29(36-22(3)37)32(45-25(6)40)31(44-24(5)39)28(47-34)20-42-23(4)38/h10-12,15-16,21,27-35H,7-9,13-14,17-20H2,1-6H3,(H,36,37)/t21?,27-,28-,29-,30-,31+,32-,33?,34-/m1/s1. The van der Waals surface area contributed by atoms with Gasteiger partial charge in [0.2, 0.25) is 5.91 Å². The quantitative estimate of drug-likeness (QED) is 0.134. The third-order valence-electron chi connectivity index (χ3n) is 8.14. The summed E-state index contributed by atoms with van der Waals surface area (Å²) in [7, 11) is 0. The predicted octanol–water partition coefficient (Wildman–Crippen LogP) is 3.17. The lowest BCUT2D eigenvalue weighted by Gasteiger charge is -2.44. The molecule has 0 aromatic heterocycles. The van der Waals surface area contributed by atoms with E-state index in [1.165, 1.54) is 27.7 Å². The Balaban J connectivity index is 1.47. The molecule has 0 saturated carbocycles. The highest BCUT2D eigenvalue weighted by atomic mass is 16.7. The van der Waals surface area contributed by atoms with Crippen molar-refractivity contribution in [1.82, 2.24) is 10.6 Å². The van der Waals surface area contributed by atoms with Crippen LogP contribution < -0.4 is 10.6 Å². The topological polar surface area (TPSA) is 157 Å². The van der Waals surface area contributed by atoms with Crippen molar-refractivity contribution in [2.24, 2.45) is 5.92 Å². The monoisotopic (exact) mass is 664 g/mol. The first-order chi connectivity index (χ1) is 22.5. The molecule has 0 aliphatic carbocycles. The molecule has 47 heavy (non-hydrogen) atoms. The summed E-state index contributed by atoms with van der Waals surface area (Å²) in [5.41, 5.74) is 1.15. The zero-order valence-electron chi connectivity index (χ0n) is 28.4. The summed E-state index contributed by atoms with van der Waals surface area (Å²) in [6.45, 7) is 10.6. The van der Waals surface area contributed by atoms with Gasteiger partial charge in [-0.2, -0.15) is 0 Å². The molecule has 1 aromatic rings. The maximum absolute atomic E-state index is 12.1. The maximum Gasteiger partial charge on any atom is 0.303 e. The Kier molecular flexibility index (Phi) is 16.0. The molecule has 0 spiro atoms. The van der Waals surface area contributed by atoms with Crippen LogP contribution >= 0.6 is 0 Å². The van der Waals surface area contributed by atoms with Crippen molar-refractivity contribution in [1.29, 1.82) is 0 Å². The first kappa shape index (κ1) is 38.3. The van der Waals surface area contributed by atoms with E-state index < -0.39 is 54.5 Å². The number of nitrogens with one attached hydrogen (secondary N) is 2. The van der Waals surface area contributed by atoms with Crippen LogP contribution in [0.4, 0.5) is 0 Å². The molecule has 2 aliphatic heterocycles. The molecule has 0 radical (unpaired) electrons. The zero-order chi connectivity index (χ0) is 34.3. The molecule has 3 rings (SSSR count). The molecule has 2 heterocycles. The first-order valence-electron chi connectivity index (χ1n) is 16.6. The minimum atomic E-state index is -1.15. The molecule has 0 bridgehead atoms. The summed E-state index contributed by atoms with van der Waals surface area (Å²) >= 11 is 0. The van der Waals surface area contributed by atoms with E-state index >= 15 is 0 Å². The summed E-state index contributed by atoms with van der Waals surface area (Å²) in [4.78, 5) is 47.5. The third-order valence-corrected chi connectivity index (χ3v) is 8.14. The highest BCUT2D eigenvalue weighted by Gasteiger charge is 2.51. The Labute approximate surface area is 277 Å². The fraction of sp³-hybridized carbons (Fsp3) is 0.706. The second kappa shape index (κ2) is 19.7. The minimum Gasteiger partial charge on any atom is -0.463 e. The zero-order valence-corrected chi connectivity index (χ0v) is 28.4. The second-order valence-corrected chi connectivity index (χ2v) is 12.1. The number of amides is 1. The molecule has 13 heteroatoms. The number of esters is 3. The fourth-order valence-electron chi connectivity index (χ4n) is 5.95. The summed E-state index contributed by atoms with van der Waals surface area (Å²) in [6.07, 6.45) is 0.0149. The number of benzene rings is 1. The highest BCUT2D eigenvalue weighted by molar-refractivity contribution is 5.73. The molecule has 2 saturated heterocycles. The number of ether oxygens (including phenoxy) is 7. The fourth-order valence-corrected chi connectivity index (χ4v) is 5.95. The van der Waals surface area contributed by atoms with Gasteiger partial charge in [0.1, 0.15) is 25.0 Å². The van der Waals surface area contributed by atoms with E-state index in [-0.39, 0.29) is 31.0 Å². The number of carbonyl (C=O) groups is 4. The molecule has 264 valence electrons. The average Bonchev–Trinajstić information content (AvgIpc) is 3.32. The Morgan fingerprint density at radius 3 is 2.11 bits per heavy atom. The van der Waals surface area contributed by atoms with Crippen LogP contribution in [0.2, 0.25) is 0 Å². The molecule has 1 amide bonds. The Morgan fingerprint density at radius 2 is 1.47 bits per heavy atom. The lowest BCUT2D eigenvalue weighted by atomic mass is 9.96. The maximum atomic E-state index is 12.1. The smallest absolute Gasteiger partial charge is 0.303 e. The highest BCUT2D eigenvalue weighted by Crippen LogP contribution is 2.31. The molecule has 2 N–H and O–H groups in total. The van der Waals surface area contributed by atoms with Gasteiger partial charge in [-0.15, -0.1) is 0 Å². The van der Waals surface area contributed by atoms with Crippen LogP contribution in [0, 0.1) is 5.92 Å². The molecule has 2 aliphatic rings. The van der Waals surface area contributed by atoms with E-state index in [0.29, 0.717) is 19.6 Å². The van der Waals surface area contributed by atoms with Gasteiger partial charge in [-0.05, 0) is 31.4 Å². The van der Waals surface area contributed by atoms with Crippen LogP contribution in [-0.2, 0) is 58.9 Å². The van der Waals surface area contributed by atoms with Crippen molar-refractivity contribution in [2.45, 2.75) is 129 Å². The van der Waals surface area contributed by atoms with E-state index in [0.717, 1.165) is 37.8 Å². The van der Waals surface area contributed by atoms with Gasteiger partial charge in [-0.25, -0.2) is 0 Å². The van der Waals surface area contributed by atoms with Gasteiger partial charge in [0, 0.05) is 40.2 Å². The van der Waals surface area contributed by atoms with E-state index in [1.54, 1.807) is 0 Å². The van der Waals surface area contributed by atoms with Crippen molar-refractivity contribution in [3.05, 3.63) is 35.9 Å². The largest absolute Gasteiger partial charge is 0.463 e. The Bertz CT molecular complexity index is 1140. The van der Waals surface area contributed by atoms with Gasteiger partial charge >= 0.3 is 17.9 Å². The van der Waals surface area contributed by atoms with Gasteiger partial charge in [-0.3, -0.25) is 24.5 Å². The van der Waals surface area contributed by atoms with Crippen molar-refractivity contribution in [2.75, 3.05) is 19.8 Å². The lowest BCUT2D eigenvalue weighted by Crippen LogP contribution is -2.66. The van der Waals surface area contributed by atoms with Crippen LogP contribution in [0.5, 0.6) is 0 Å². The van der Waals surface area contributed by atoms with Crippen LogP contribution in [0.1, 0.15) is 79.2 Å². The van der Waals surface area contributed by atoms with Gasteiger partial charge in [-0.1, -0.05) is 57.0 Å². The molecule has 13 nitrogen and oxygen atoms in total. The van der Waals surface area contributed by atoms with Crippen molar-refractivity contribution < 1.29 is 52.3 Å².